The van der Waals surface area contributed by atoms with Crippen LogP contribution in [-0.2, 0) is 21.2 Å². The normalized spacial score (nSPS) is 12.2. The summed E-state index contributed by atoms with van der Waals surface area (Å²) in [5.41, 5.74) is 1.61. The van der Waals surface area contributed by atoms with Gasteiger partial charge in [0.25, 0.3) is 0 Å². The Kier molecular flexibility index (Phi) is 7.05. The Morgan fingerprint density at radius 1 is 1.04 bits per heavy atom. The number of nitrogens with one attached hydrogen (secondary N) is 3. The summed E-state index contributed by atoms with van der Waals surface area (Å²) in [5.74, 6) is -0.467. The van der Waals surface area contributed by atoms with Gasteiger partial charge in [0.1, 0.15) is 6.04 Å². The van der Waals surface area contributed by atoms with E-state index in [1.165, 1.54) is 19.2 Å². The molecule has 0 unspecified atom stereocenters. The van der Waals surface area contributed by atoms with Crippen LogP contribution in [0, 0.1) is 0 Å². The Labute approximate surface area is 158 Å². The summed E-state index contributed by atoms with van der Waals surface area (Å²) in [6.45, 7) is 0.440. The first-order chi connectivity index (χ1) is 12.8. The number of rotatable bonds is 7. The fourth-order valence-corrected chi connectivity index (χ4v) is 2.98. The largest absolute Gasteiger partial charge is 0.341 e. The van der Waals surface area contributed by atoms with Gasteiger partial charge >= 0.3 is 6.03 Å². The Balaban J connectivity index is 2.03. The van der Waals surface area contributed by atoms with Crippen molar-refractivity contribution < 1.29 is 18.0 Å². The first-order valence-electron chi connectivity index (χ1n) is 8.24. The smallest absolute Gasteiger partial charge is 0.321 e. The topological polar surface area (TPSA) is 130 Å². The van der Waals surface area contributed by atoms with Gasteiger partial charge < -0.3 is 10.6 Å². The molecule has 0 aliphatic rings. The first kappa shape index (κ1) is 20.6. The van der Waals surface area contributed by atoms with Crippen molar-refractivity contribution in [3.8, 4) is 0 Å². The highest BCUT2D eigenvalue weighted by Gasteiger charge is 2.21. The Morgan fingerprint density at radius 3 is 2.22 bits per heavy atom. The fraction of sp³-hybridized carbons (Fsp3) is 0.222. The van der Waals surface area contributed by atoms with Crippen LogP contribution in [0.2, 0.25) is 0 Å². The highest BCUT2D eigenvalue weighted by Crippen LogP contribution is 2.14. The molecular formula is C18H22N4O4S. The van der Waals surface area contributed by atoms with E-state index in [9.17, 15) is 18.0 Å². The monoisotopic (exact) mass is 390 g/mol. The molecular weight excluding hydrogens is 368 g/mol. The van der Waals surface area contributed by atoms with Gasteiger partial charge in [-0.25, -0.2) is 18.4 Å². The number of imide groups is 1. The van der Waals surface area contributed by atoms with Crippen LogP contribution in [0.25, 0.3) is 0 Å². The van der Waals surface area contributed by atoms with Crippen LogP contribution in [0.4, 0.5) is 4.79 Å². The highest BCUT2D eigenvalue weighted by atomic mass is 32.2. The summed E-state index contributed by atoms with van der Waals surface area (Å²) in [7, 11) is -2.29. The van der Waals surface area contributed by atoms with Crippen molar-refractivity contribution in [3.05, 3.63) is 65.7 Å². The molecule has 8 nitrogen and oxygen atoms in total. The van der Waals surface area contributed by atoms with Crippen molar-refractivity contribution in [2.75, 3.05) is 13.6 Å². The number of carbonyl (C=O) groups is 2. The quantitative estimate of drug-likeness (QED) is 0.552. The molecule has 0 heterocycles. The van der Waals surface area contributed by atoms with Gasteiger partial charge in [0, 0.05) is 13.6 Å². The van der Waals surface area contributed by atoms with Crippen LogP contribution in [0.3, 0.4) is 0 Å². The molecule has 9 heteroatoms. The summed E-state index contributed by atoms with van der Waals surface area (Å²) >= 11 is 0. The van der Waals surface area contributed by atoms with Gasteiger partial charge in [0.15, 0.2) is 0 Å². The number of sulfonamides is 1. The number of hydrogen-bond donors (Lipinski definition) is 4. The van der Waals surface area contributed by atoms with Crippen LogP contribution in [0.15, 0.2) is 59.5 Å². The number of urea groups is 1. The lowest BCUT2D eigenvalue weighted by molar-refractivity contribution is -0.122. The predicted molar refractivity (Wildman–Crippen MR) is 101 cm³/mol. The summed E-state index contributed by atoms with van der Waals surface area (Å²) in [6.07, 6.45) is 0.557. The molecule has 0 spiro atoms. The Hall–Kier alpha value is -2.75. The van der Waals surface area contributed by atoms with E-state index in [-0.39, 0.29) is 4.90 Å². The second kappa shape index (κ2) is 9.26. The number of amides is 3. The van der Waals surface area contributed by atoms with E-state index in [2.05, 4.69) is 16.0 Å². The van der Waals surface area contributed by atoms with Crippen LogP contribution < -0.4 is 21.1 Å². The second-order valence-electron chi connectivity index (χ2n) is 5.81. The van der Waals surface area contributed by atoms with E-state index in [0.717, 1.165) is 11.1 Å². The molecule has 3 amide bonds. The molecule has 2 aromatic carbocycles. The van der Waals surface area contributed by atoms with E-state index < -0.39 is 28.0 Å². The molecule has 5 N–H and O–H groups in total. The molecule has 0 aromatic heterocycles. The van der Waals surface area contributed by atoms with Gasteiger partial charge in [-0.15, -0.1) is 0 Å². The van der Waals surface area contributed by atoms with E-state index in [4.69, 9.17) is 5.14 Å². The van der Waals surface area contributed by atoms with Crippen LogP contribution >= 0.6 is 0 Å². The van der Waals surface area contributed by atoms with Crippen LogP contribution in [0.5, 0.6) is 0 Å². The van der Waals surface area contributed by atoms with Crippen molar-refractivity contribution in [1.29, 1.82) is 0 Å². The number of nitrogens with two attached hydrogens (primary N) is 1. The minimum absolute atomic E-state index is 0.0475. The molecule has 0 aliphatic carbocycles. The summed E-state index contributed by atoms with van der Waals surface area (Å²) < 4.78 is 22.6. The highest BCUT2D eigenvalue weighted by molar-refractivity contribution is 7.89. The van der Waals surface area contributed by atoms with E-state index in [1.54, 1.807) is 24.3 Å². The number of carbonyl (C=O) groups excluding carboxylic acids is 2. The molecule has 1 atom stereocenters. The zero-order valence-corrected chi connectivity index (χ0v) is 15.6. The third-order valence-corrected chi connectivity index (χ3v) is 4.80. The van der Waals surface area contributed by atoms with E-state index in [1.807, 2.05) is 18.2 Å². The zero-order chi connectivity index (χ0) is 19.9. The molecule has 0 bridgehead atoms. The number of benzene rings is 2. The van der Waals surface area contributed by atoms with Gasteiger partial charge in [-0.3, -0.25) is 10.1 Å². The van der Waals surface area contributed by atoms with Gasteiger partial charge in [0.2, 0.25) is 15.9 Å². The molecule has 2 rings (SSSR count). The Morgan fingerprint density at radius 2 is 1.67 bits per heavy atom. The average Bonchev–Trinajstić information content (AvgIpc) is 2.65. The first-order valence-corrected chi connectivity index (χ1v) is 9.78. The maximum Gasteiger partial charge on any atom is 0.321 e. The van der Waals surface area contributed by atoms with Gasteiger partial charge in [-0.1, -0.05) is 42.5 Å². The maximum atomic E-state index is 12.4. The SMILES string of the molecule is CNC(=O)NC(=O)[C@H](NCCc1ccc(S(N)(=O)=O)cc1)c1ccccc1. The lowest BCUT2D eigenvalue weighted by Crippen LogP contribution is -2.44. The third-order valence-electron chi connectivity index (χ3n) is 3.87. The van der Waals surface area contributed by atoms with Crippen molar-refractivity contribution in [3.63, 3.8) is 0 Å². The van der Waals surface area contributed by atoms with Gasteiger partial charge in [-0.2, -0.15) is 0 Å². The molecule has 2 aromatic rings. The van der Waals surface area contributed by atoms with Crippen LogP contribution in [0.1, 0.15) is 17.2 Å². The molecule has 144 valence electrons. The molecule has 0 saturated carbocycles. The number of hydrogen-bond acceptors (Lipinski definition) is 5. The molecule has 27 heavy (non-hydrogen) atoms. The fourth-order valence-electron chi connectivity index (χ4n) is 2.46. The predicted octanol–water partition coefficient (Wildman–Crippen LogP) is 0.663. The summed E-state index contributed by atoms with van der Waals surface area (Å²) in [6, 6.07) is 14.0. The van der Waals surface area contributed by atoms with Gasteiger partial charge in [-0.05, 0) is 29.7 Å². The molecule has 0 fully saturated rings. The minimum Gasteiger partial charge on any atom is -0.341 e. The summed E-state index contributed by atoms with van der Waals surface area (Å²) in [4.78, 5) is 23.9. The second-order valence-corrected chi connectivity index (χ2v) is 7.37. The van der Waals surface area contributed by atoms with Crippen molar-refractivity contribution in [2.24, 2.45) is 5.14 Å². The van der Waals surface area contributed by atoms with E-state index >= 15 is 0 Å². The number of primary sulfonamides is 1. The zero-order valence-electron chi connectivity index (χ0n) is 14.8. The van der Waals surface area contributed by atoms with Crippen molar-refractivity contribution in [2.45, 2.75) is 17.4 Å². The average molecular weight is 390 g/mol. The molecule has 0 aliphatic heterocycles. The third kappa shape index (κ3) is 6.17. The van der Waals surface area contributed by atoms with Crippen molar-refractivity contribution in [1.82, 2.24) is 16.0 Å². The van der Waals surface area contributed by atoms with Crippen LogP contribution in [-0.4, -0.2) is 33.9 Å². The molecule has 0 radical (unpaired) electrons. The van der Waals surface area contributed by atoms with Gasteiger partial charge in [0.05, 0.1) is 4.90 Å². The lowest BCUT2D eigenvalue weighted by Gasteiger charge is -2.18. The maximum absolute atomic E-state index is 12.4. The van der Waals surface area contributed by atoms with E-state index in [0.29, 0.717) is 13.0 Å². The van der Waals surface area contributed by atoms with Crippen molar-refractivity contribution >= 4 is 22.0 Å². The lowest BCUT2D eigenvalue weighted by atomic mass is 10.1. The standard InChI is InChI=1S/C18H22N4O4S/c1-20-18(24)22-17(23)16(14-5-3-2-4-6-14)21-12-11-13-7-9-15(10-8-13)27(19,25)26/h2-10,16,21H,11-12H2,1H3,(H2,19,25,26)(H2,20,22,23,24)/t16-/m1/s1. The molecule has 0 saturated heterocycles. The minimum atomic E-state index is -3.72. The Bertz CT molecular complexity index is 883. The summed E-state index contributed by atoms with van der Waals surface area (Å²) in [5, 5.41) is 12.8.